The standard InChI is InChI=1S/C18H14ClN3/c19-17-16(11-12-20)22(13-14-7-3-1-4-8-14)18(21-17)15-9-5-2-6-10-15/h1-10H,11,13H2. The molecule has 4 heteroatoms. The minimum absolute atomic E-state index is 0.242. The van der Waals surface area contributed by atoms with Crippen LogP contribution in [0.4, 0.5) is 0 Å². The minimum Gasteiger partial charge on any atom is -0.321 e. The Hall–Kier alpha value is -2.57. The zero-order valence-electron chi connectivity index (χ0n) is 11.9. The number of nitriles is 1. The molecule has 0 aliphatic rings. The van der Waals surface area contributed by atoms with Crippen LogP contribution in [-0.4, -0.2) is 9.55 Å². The number of nitrogens with zero attached hydrogens (tertiary/aromatic N) is 3. The molecule has 3 rings (SSSR count). The van der Waals surface area contributed by atoms with Crippen molar-refractivity contribution in [3.05, 3.63) is 77.1 Å². The zero-order chi connectivity index (χ0) is 15.4. The molecule has 0 bridgehead atoms. The van der Waals surface area contributed by atoms with Gasteiger partial charge in [0.05, 0.1) is 18.2 Å². The van der Waals surface area contributed by atoms with Gasteiger partial charge < -0.3 is 4.57 Å². The van der Waals surface area contributed by atoms with E-state index in [4.69, 9.17) is 16.9 Å². The van der Waals surface area contributed by atoms with E-state index >= 15 is 0 Å². The molecule has 0 saturated carbocycles. The summed E-state index contributed by atoms with van der Waals surface area (Å²) < 4.78 is 2.02. The van der Waals surface area contributed by atoms with Gasteiger partial charge in [0, 0.05) is 12.1 Å². The third kappa shape index (κ3) is 2.88. The summed E-state index contributed by atoms with van der Waals surface area (Å²) in [5.74, 6) is 0.791. The lowest BCUT2D eigenvalue weighted by Crippen LogP contribution is -2.06. The van der Waals surface area contributed by atoms with Crippen LogP contribution in [0.1, 0.15) is 11.3 Å². The molecule has 0 unspecified atom stereocenters. The van der Waals surface area contributed by atoms with Gasteiger partial charge in [0.15, 0.2) is 5.15 Å². The maximum atomic E-state index is 9.06. The lowest BCUT2D eigenvalue weighted by Gasteiger charge is -2.11. The molecule has 0 amide bonds. The summed E-state index contributed by atoms with van der Waals surface area (Å²) in [6, 6.07) is 22.2. The molecule has 0 radical (unpaired) electrons. The van der Waals surface area contributed by atoms with Crippen LogP contribution >= 0.6 is 11.6 Å². The molecule has 1 heterocycles. The van der Waals surface area contributed by atoms with Crippen LogP contribution in [0.2, 0.25) is 5.15 Å². The summed E-state index contributed by atoms with van der Waals surface area (Å²) in [5, 5.41) is 9.46. The number of halogens is 1. The maximum absolute atomic E-state index is 9.06. The van der Waals surface area contributed by atoms with Crippen molar-refractivity contribution in [1.29, 1.82) is 5.26 Å². The van der Waals surface area contributed by atoms with Gasteiger partial charge in [-0.15, -0.1) is 0 Å². The average Bonchev–Trinajstić information content (AvgIpc) is 2.86. The van der Waals surface area contributed by atoms with Gasteiger partial charge in [0.25, 0.3) is 0 Å². The quantitative estimate of drug-likeness (QED) is 0.720. The third-order valence-electron chi connectivity index (χ3n) is 3.49. The third-order valence-corrected chi connectivity index (χ3v) is 3.79. The largest absolute Gasteiger partial charge is 0.321 e. The molecule has 0 fully saturated rings. The highest BCUT2D eigenvalue weighted by molar-refractivity contribution is 6.30. The van der Waals surface area contributed by atoms with Crippen molar-refractivity contribution in [3.63, 3.8) is 0 Å². The number of benzene rings is 2. The maximum Gasteiger partial charge on any atom is 0.152 e. The lowest BCUT2D eigenvalue weighted by atomic mass is 10.2. The molecule has 22 heavy (non-hydrogen) atoms. The number of aromatic nitrogens is 2. The number of hydrogen-bond acceptors (Lipinski definition) is 2. The minimum atomic E-state index is 0.242. The molecule has 3 nitrogen and oxygen atoms in total. The molecular weight excluding hydrogens is 294 g/mol. The molecule has 0 aliphatic carbocycles. The van der Waals surface area contributed by atoms with Gasteiger partial charge in [-0.25, -0.2) is 4.98 Å². The second kappa shape index (κ2) is 6.46. The fourth-order valence-corrected chi connectivity index (χ4v) is 2.69. The Kier molecular flexibility index (Phi) is 4.22. The second-order valence-electron chi connectivity index (χ2n) is 4.95. The van der Waals surface area contributed by atoms with Crippen molar-refractivity contribution in [1.82, 2.24) is 9.55 Å². The van der Waals surface area contributed by atoms with E-state index in [0.717, 1.165) is 22.6 Å². The predicted molar refractivity (Wildman–Crippen MR) is 87.5 cm³/mol. The Balaban J connectivity index is 2.11. The lowest BCUT2D eigenvalue weighted by molar-refractivity contribution is 0.767. The molecule has 2 aromatic carbocycles. The van der Waals surface area contributed by atoms with Gasteiger partial charge in [-0.1, -0.05) is 72.3 Å². The number of hydrogen-bond donors (Lipinski definition) is 0. The van der Waals surface area contributed by atoms with E-state index in [-0.39, 0.29) is 6.42 Å². The van der Waals surface area contributed by atoms with E-state index in [1.165, 1.54) is 0 Å². The fourth-order valence-electron chi connectivity index (χ4n) is 2.44. The van der Waals surface area contributed by atoms with Crippen LogP contribution < -0.4 is 0 Å². The first-order valence-electron chi connectivity index (χ1n) is 7.01. The van der Waals surface area contributed by atoms with Crippen molar-refractivity contribution >= 4 is 11.6 Å². The average molecular weight is 308 g/mol. The Morgan fingerprint density at radius 1 is 1.00 bits per heavy atom. The van der Waals surface area contributed by atoms with Crippen molar-refractivity contribution < 1.29 is 0 Å². The van der Waals surface area contributed by atoms with Gasteiger partial charge in [0.1, 0.15) is 5.82 Å². The van der Waals surface area contributed by atoms with E-state index in [1.54, 1.807) is 0 Å². The molecule has 108 valence electrons. The fraction of sp³-hybridized carbons (Fsp3) is 0.111. The van der Waals surface area contributed by atoms with Crippen LogP contribution in [0.3, 0.4) is 0 Å². The Morgan fingerprint density at radius 2 is 1.64 bits per heavy atom. The molecule has 0 N–H and O–H groups in total. The van der Waals surface area contributed by atoms with Gasteiger partial charge in [-0.3, -0.25) is 0 Å². The molecule has 0 atom stereocenters. The van der Waals surface area contributed by atoms with Crippen LogP contribution in [0.5, 0.6) is 0 Å². The monoisotopic (exact) mass is 307 g/mol. The number of imidazole rings is 1. The van der Waals surface area contributed by atoms with Gasteiger partial charge in [-0.05, 0) is 5.56 Å². The summed E-state index contributed by atoms with van der Waals surface area (Å²) >= 11 is 6.26. The first-order valence-corrected chi connectivity index (χ1v) is 7.38. The Bertz CT molecular complexity index is 802. The zero-order valence-corrected chi connectivity index (χ0v) is 12.7. The molecule has 0 aliphatic heterocycles. The van der Waals surface area contributed by atoms with Crippen molar-refractivity contribution in [2.24, 2.45) is 0 Å². The van der Waals surface area contributed by atoms with Crippen molar-refractivity contribution in [2.75, 3.05) is 0 Å². The summed E-state index contributed by atoms with van der Waals surface area (Å²) in [6.07, 6.45) is 0.242. The summed E-state index contributed by atoms with van der Waals surface area (Å²) in [7, 11) is 0. The highest BCUT2D eigenvalue weighted by Crippen LogP contribution is 2.27. The normalized spacial score (nSPS) is 10.4. The molecule has 0 spiro atoms. The highest BCUT2D eigenvalue weighted by atomic mass is 35.5. The van der Waals surface area contributed by atoms with Gasteiger partial charge >= 0.3 is 0 Å². The summed E-state index contributed by atoms with van der Waals surface area (Å²) in [4.78, 5) is 4.47. The molecule has 1 aromatic heterocycles. The summed E-state index contributed by atoms with van der Waals surface area (Å²) in [6.45, 7) is 0.641. The van der Waals surface area contributed by atoms with Crippen molar-refractivity contribution in [3.8, 4) is 17.5 Å². The van der Waals surface area contributed by atoms with E-state index < -0.39 is 0 Å². The Labute approximate surface area is 134 Å². The summed E-state index contributed by atoms with van der Waals surface area (Å²) in [5.41, 5.74) is 2.89. The topological polar surface area (TPSA) is 41.6 Å². The SMILES string of the molecule is N#CCc1c(Cl)nc(-c2ccccc2)n1Cc1ccccc1. The van der Waals surface area contributed by atoms with Crippen LogP contribution in [-0.2, 0) is 13.0 Å². The van der Waals surface area contributed by atoms with E-state index in [2.05, 4.69) is 23.2 Å². The van der Waals surface area contributed by atoms with E-state index in [1.807, 2.05) is 53.1 Å². The molecule has 0 saturated heterocycles. The molecular formula is C18H14ClN3. The second-order valence-corrected chi connectivity index (χ2v) is 5.30. The van der Waals surface area contributed by atoms with Crippen LogP contribution in [0, 0.1) is 11.3 Å². The Morgan fingerprint density at radius 3 is 2.27 bits per heavy atom. The van der Waals surface area contributed by atoms with Crippen LogP contribution in [0.25, 0.3) is 11.4 Å². The van der Waals surface area contributed by atoms with Gasteiger partial charge in [-0.2, -0.15) is 5.26 Å². The first kappa shape index (κ1) is 14.4. The van der Waals surface area contributed by atoms with Gasteiger partial charge in [0.2, 0.25) is 0 Å². The number of rotatable bonds is 4. The smallest absolute Gasteiger partial charge is 0.152 e. The first-order chi connectivity index (χ1) is 10.8. The van der Waals surface area contributed by atoms with E-state index in [9.17, 15) is 0 Å². The van der Waals surface area contributed by atoms with E-state index in [0.29, 0.717) is 11.7 Å². The van der Waals surface area contributed by atoms with Crippen molar-refractivity contribution in [2.45, 2.75) is 13.0 Å². The molecule has 3 aromatic rings. The van der Waals surface area contributed by atoms with Crippen LogP contribution in [0.15, 0.2) is 60.7 Å². The highest BCUT2D eigenvalue weighted by Gasteiger charge is 2.17. The predicted octanol–water partition coefficient (Wildman–Crippen LogP) is 4.32.